The number of nitrogens with two attached hydrogens (primary N) is 1. The Morgan fingerprint density at radius 2 is 1.83 bits per heavy atom. The number of methoxy groups -OCH3 is 2. The molecule has 10 heteroatoms. The lowest BCUT2D eigenvalue weighted by molar-refractivity contribution is -0.143. The molecule has 0 fully saturated rings. The molecule has 0 saturated carbocycles. The van der Waals surface area contributed by atoms with Gasteiger partial charge < -0.3 is 15.2 Å². The highest BCUT2D eigenvalue weighted by Crippen LogP contribution is 2.28. The van der Waals surface area contributed by atoms with Gasteiger partial charge in [0.25, 0.3) is 0 Å². The topological polar surface area (TPSA) is 75.2 Å². The number of halogens is 4. The van der Waals surface area contributed by atoms with Crippen LogP contribution in [0.1, 0.15) is 17.2 Å². The fraction of sp³-hybridized carbons (Fsp3) is 0.429. The van der Waals surface area contributed by atoms with E-state index in [9.17, 15) is 13.2 Å². The van der Waals surface area contributed by atoms with Gasteiger partial charge >= 0.3 is 6.18 Å². The molecule has 0 aliphatic carbocycles. The van der Waals surface area contributed by atoms with Gasteiger partial charge in [0.2, 0.25) is 0 Å². The summed E-state index contributed by atoms with van der Waals surface area (Å²) < 4.78 is 48.7. The van der Waals surface area contributed by atoms with E-state index in [2.05, 4.69) is 10.1 Å². The Hall–Kier alpha value is -2.00. The molecule has 0 bridgehead atoms. The van der Waals surface area contributed by atoms with E-state index < -0.39 is 12.7 Å². The molecule has 6 nitrogen and oxygen atoms in total. The second-order valence-corrected chi connectivity index (χ2v) is 4.79. The third-order valence-electron chi connectivity index (χ3n) is 3.11. The molecule has 1 heterocycles. The molecule has 24 heavy (non-hydrogen) atoms. The van der Waals surface area contributed by atoms with Crippen molar-refractivity contribution in [2.24, 2.45) is 5.73 Å². The first kappa shape index (κ1) is 20.0. The van der Waals surface area contributed by atoms with Crippen molar-refractivity contribution in [3.05, 3.63) is 35.4 Å². The van der Waals surface area contributed by atoms with Crippen molar-refractivity contribution in [1.29, 1.82) is 0 Å². The first-order valence-electron chi connectivity index (χ1n) is 6.76. The summed E-state index contributed by atoms with van der Waals surface area (Å²) in [6.07, 6.45) is -4.11. The smallest absolute Gasteiger partial charge is 0.408 e. The minimum atomic E-state index is -4.38. The maximum absolute atomic E-state index is 12.5. The molecule has 2 aromatic rings. The van der Waals surface area contributed by atoms with Crippen LogP contribution in [-0.4, -0.2) is 35.2 Å². The number of aromatic nitrogens is 3. The van der Waals surface area contributed by atoms with E-state index >= 15 is 0 Å². The molecule has 0 amide bonds. The van der Waals surface area contributed by atoms with E-state index in [1.165, 1.54) is 14.2 Å². The maximum Gasteiger partial charge on any atom is 0.408 e. The fourth-order valence-electron chi connectivity index (χ4n) is 2.12. The van der Waals surface area contributed by atoms with Gasteiger partial charge in [-0.3, -0.25) is 0 Å². The fourth-order valence-corrected chi connectivity index (χ4v) is 2.12. The Morgan fingerprint density at radius 3 is 2.38 bits per heavy atom. The van der Waals surface area contributed by atoms with Crippen LogP contribution in [0, 0.1) is 0 Å². The zero-order valence-electron chi connectivity index (χ0n) is 13.1. The van der Waals surface area contributed by atoms with Crippen LogP contribution in [0.15, 0.2) is 18.2 Å². The Bertz CT molecular complexity index is 677. The summed E-state index contributed by atoms with van der Waals surface area (Å²) in [5, 5.41) is 3.89. The van der Waals surface area contributed by atoms with Crippen LogP contribution < -0.4 is 15.2 Å². The maximum atomic E-state index is 12.5. The number of hydrogen-bond donors (Lipinski definition) is 1. The largest absolute Gasteiger partial charge is 0.493 e. The molecule has 0 spiro atoms. The van der Waals surface area contributed by atoms with E-state index in [1.54, 1.807) is 18.2 Å². The molecule has 0 aliphatic heterocycles. The summed E-state index contributed by atoms with van der Waals surface area (Å²) in [5.41, 5.74) is 6.22. The first-order chi connectivity index (χ1) is 10.9. The minimum absolute atomic E-state index is 0. The van der Waals surface area contributed by atoms with Gasteiger partial charge in [0.05, 0.1) is 20.8 Å². The van der Waals surface area contributed by atoms with E-state index in [1.807, 2.05) is 0 Å². The molecule has 2 rings (SSSR count). The molecule has 2 N–H and O–H groups in total. The van der Waals surface area contributed by atoms with Crippen molar-refractivity contribution in [3.63, 3.8) is 0 Å². The van der Waals surface area contributed by atoms with Gasteiger partial charge in [-0.25, -0.2) is 9.67 Å². The predicted molar refractivity (Wildman–Crippen MR) is 83.6 cm³/mol. The number of nitrogens with zero attached hydrogens (tertiary/aromatic N) is 3. The highest BCUT2D eigenvalue weighted by Gasteiger charge is 2.30. The standard InChI is InChI=1S/C14H17F3N4O2.ClH/c1-22-10-4-3-9(5-11(10)23-2)6-12-19-13(7-18)21(20-12)8-14(15,16)17;/h3-5H,6-8,18H2,1-2H3;1H. The first-order valence-corrected chi connectivity index (χ1v) is 6.76. The van der Waals surface area contributed by atoms with Gasteiger partial charge in [-0.1, -0.05) is 6.07 Å². The Balaban J connectivity index is 0.00000288. The monoisotopic (exact) mass is 366 g/mol. The van der Waals surface area contributed by atoms with Gasteiger partial charge in [-0.05, 0) is 17.7 Å². The molecule has 0 unspecified atom stereocenters. The van der Waals surface area contributed by atoms with Crippen molar-refractivity contribution < 1.29 is 22.6 Å². The number of hydrogen-bond acceptors (Lipinski definition) is 5. The number of alkyl halides is 3. The lowest BCUT2D eigenvalue weighted by Gasteiger charge is -2.08. The average molecular weight is 367 g/mol. The van der Waals surface area contributed by atoms with Crippen molar-refractivity contribution in [2.45, 2.75) is 25.7 Å². The lowest BCUT2D eigenvalue weighted by Crippen LogP contribution is -2.21. The van der Waals surface area contributed by atoms with Gasteiger partial charge in [-0.2, -0.15) is 18.3 Å². The summed E-state index contributed by atoms with van der Waals surface area (Å²) in [6.45, 7) is -1.33. The molecule has 0 aliphatic rings. The van der Waals surface area contributed by atoms with E-state index in [0.29, 0.717) is 11.5 Å². The molecule has 0 saturated heterocycles. The number of rotatable bonds is 6. The van der Waals surface area contributed by atoms with Crippen molar-refractivity contribution in [3.8, 4) is 11.5 Å². The average Bonchev–Trinajstić information content (AvgIpc) is 2.86. The van der Waals surface area contributed by atoms with Gasteiger partial charge in [0.1, 0.15) is 12.4 Å². The Morgan fingerprint density at radius 1 is 1.17 bits per heavy atom. The normalized spacial score (nSPS) is 11.1. The number of benzene rings is 1. The van der Waals surface area contributed by atoms with Crippen LogP contribution in [0.2, 0.25) is 0 Å². The molecular weight excluding hydrogens is 349 g/mol. The minimum Gasteiger partial charge on any atom is -0.493 e. The predicted octanol–water partition coefficient (Wildman–Crippen LogP) is 2.33. The van der Waals surface area contributed by atoms with Crippen LogP contribution in [0.3, 0.4) is 0 Å². The molecule has 1 aromatic heterocycles. The summed E-state index contributed by atoms with van der Waals surface area (Å²) in [4.78, 5) is 4.06. The zero-order chi connectivity index (χ0) is 17.0. The summed E-state index contributed by atoms with van der Waals surface area (Å²) in [7, 11) is 3.02. The van der Waals surface area contributed by atoms with Gasteiger partial charge in [0.15, 0.2) is 17.3 Å². The second-order valence-electron chi connectivity index (χ2n) is 4.79. The second kappa shape index (κ2) is 8.20. The van der Waals surface area contributed by atoms with Crippen molar-refractivity contribution in [1.82, 2.24) is 14.8 Å². The number of ether oxygens (including phenoxy) is 2. The Labute approximate surface area is 143 Å². The molecule has 0 radical (unpaired) electrons. The SMILES string of the molecule is COc1ccc(Cc2nc(CN)n(CC(F)(F)F)n2)cc1OC.Cl. The van der Waals surface area contributed by atoms with Crippen molar-refractivity contribution >= 4 is 12.4 Å². The summed E-state index contributed by atoms with van der Waals surface area (Å²) in [5.74, 6) is 1.45. The highest BCUT2D eigenvalue weighted by molar-refractivity contribution is 5.85. The summed E-state index contributed by atoms with van der Waals surface area (Å²) >= 11 is 0. The van der Waals surface area contributed by atoms with Crippen LogP contribution in [0.25, 0.3) is 0 Å². The Kier molecular flexibility index (Phi) is 6.85. The van der Waals surface area contributed by atoms with Crippen LogP contribution in [0.4, 0.5) is 13.2 Å². The van der Waals surface area contributed by atoms with Crippen LogP contribution in [-0.2, 0) is 19.5 Å². The van der Waals surface area contributed by atoms with Crippen molar-refractivity contribution in [2.75, 3.05) is 14.2 Å². The lowest BCUT2D eigenvalue weighted by atomic mass is 10.1. The quantitative estimate of drug-likeness (QED) is 0.849. The van der Waals surface area contributed by atoms with E-state index in [-0.39, 0.29) is 37.0 Å². The van der Waals surface area contributed by atoms with Gasteiger partial charge in [-0.15, -0.1) is 12.4 Å². The van der Waals surface area contributed by atoms with E-state index in [4.69, 9.17) is 15.2 Å². The highest BCUT2D eigenvalue weighted by atomic mass is 35.5. The summed E-state index contributed by atoms with van der Waals surface area (Å²) in [6, 6.07) is 5.21. The molecular formula is C14H18ClF3N4O2. The van der Waals surface area contributed by atoms with Crippen LogP contribution >= 0.6 is 12.4 Å². The zero-order valence-corrected chi connectivity index (χ0v) is 13.9. The van der Waals surface area contributed by atoms with Gasteiger partial charge in [0, 0.05) is 6.42 Å². The van der Waals surface area contributed by atoms with E-state index in [0.717, 1.165) is 10.2 Å². The molecule has 1 aromatic carbocycles. The van der Waals surface area contributed by atoms with Crippen LogP contribution in [0.5, 0.6) is 11.5 Å². The third kappa shape index (κ3) is 5.00. The third-order valence-corrected chi connectivity index (χ3v) is 3.11. The molecule has 134 valence electrons. The molecule has 0 atom stereocenters.